The van der Waals surface area contributed by atoms with E-state index in [4.69, 9.17) is 5.84 Å². The number of nitro groups is 1. The number of hydrazine groups is 1. The summed E-state index contributed by atoms with van der Waals surface area (Å²) in [6.07, 6.45) is 3.05. The fourth-order valence-corrected chi connectivity index (χ4v) is 3.48. The second-order valence-electron chi connectivity index (χ2n) is 5.57. The first-order valence-electron chi connectivity index (χ1n) is 6.52. The van der Waals surface area contributed by atoms with Crippen molar-refractivity contribution in [2.75, 3.05) is 12.0 Å². The highest BCUT2D eigenvalue weighted by Crippen LogP contribution is 2.39. The Morgan fingerprint density at radius 1 is 1.43 bits per heavy atom. The lowest BCUT2D eigenvalue weighted by Crippen LogP contribution is -2.39. The molecule has 116 valence electrons. The van der Waals surface area contributed by atoms with E-state index in [1.54, 1.807) is 0 Å². The van der Waals surface area contributed by atoms with Crippen molar-refractivity contribution in [2.45, 2.75) is 31.1 Å². The molecule has 1 aromatic rings. The van der Waals surface area contributed by atoms with E-state index >= 15 is 0 Å². The number of nitrogens with one attached hydrogen (secondary N) is 2. The first kappa shape index (κ1) is 15.7. The number of nitro benzene ring substituents is 1. The summed E-state index contributed by atoms with van der Waals surface area (Å²) in [5, 5.41) is 10.9. The molecule has 0 atom stereocenters. The van der Waals surface area contributed by atoms with Crippen molar-refractivity contribution in [3.63, 3.8) is 0 Å². The van der Waals surface area contributed by atoms with Gasteiger partial charge in [-0.25, -0.2) is 13.1 Å². The van der Waals surface area contributed by atoms with Crippen LogP contribution in [0.1, 0.15) is 26.2 Å². The summed E-state index contributed by atoms with van der Waals surface area (Å²) >= 11 is 0. The molecule has 0 amide bonds. The maximum Gasteiger partial charge on any atom is 0.294 e. The minimum absolute atomic E-state index is 0.0161. The van der Waals surface area contributed by atoms with E-state index in [1.165, 1.54) is 12.1 Å². The third kappa shape index (κ3) is 3.31. The third-order valence-electron chi connectivity index (χ3n) is 3.88. The summed E-state index contributed by atoms with van der Waals surface area (Å²) in [5.41, 5.74) is 1.84. The highest BCUT2D eigenvalue weighted by atomic mass is 32.2. The van der Waals surface area contributed by atoms with Crippen LogP contribution in [-0.2, 0) is 10.0 Å². The molecule has 0 aliphatic heterocycles. The largest absolute Gasteiger partial charge is 0.318 e. The number of anilines is 1. The highest BCUT2D eigenvalue weighted by molar-refractivity contribution is 7.89. The lowest BCUT2D eigenvalue weighted by atomic mass is 9.71. The number of nitrogen functional groups attached to an aromatic ring is 1. The van der Waals surface area contributed by atoms with Gasteiger partial charge in [0.2, 0.25) is 10.0 Å². The molecule has 0 radical (unpaired) electrons. The highest BCUT2D eigenvalue weighted by Gasteiger charge is 2.33. The zero-order valence-corrected chi connectivity index (χ0v) is 12.4. The molecule has 9 heteroatoms. The normalized spacial score (nSPS) is 17.0. The van der Waals surface area contributed by atoms with Gasteiger partial charge < -0.3 is 5.43 Å². The SMILES string of the molecule is CC1(CNS(=O)(=O)c2ccc(NN)c([N+](=O)[O-])c2)CCC1. The van der Waals surface area contributed by atoms with Crippen molar-refractivity contribution < 1.29 is 13.3 Å². The van der Waals surface area contributed by atoms with Gasteiger partial charge in [-0.3, -0.25) is 16.0 Å². The molecule has 8 nitrogen and oxygen atoms in total. The van der Waals surface area contributed by atoms with Gasteiger partial charge in [0, 0.05) is 12.6 Å². The number of rotatable bonds is 6. The van der Waals surface area contributed by atoms with Crippen LogP contribution in [0, 0.1) is 15.5 Å². The molecule has 0 unspecified atom stereocenters. The van der Waals surface area contributed by atoms with Crippen LogP contribution < -0.4 is 16.0 Å². The number of nitrogens with zero attached hydrogens (tertiary/aromatic N) is 1. The van der Waals surface area contributed by atoms with Gasteiger partial charge in [-0.05, 0) is 30.4 Å². The van der Waals surface area contributed by atoms with Crippen molar-refractivity contribution in [2.24, 2.45) is 11.3 Å². The number of nitrogens with two attached hydrogens (primary N) is 1. The molecule has 1 aliphatic rings. The Bertz CT molecular complexity index is 655. The van der Waals surface area contributed by atoms with Crippen LogP contribution in [0.5, 0.6) is 0 Å². The van der Waals surface area contributed by atoms with Gasteiger partial charge in [-0.1, -0.05) is 13.3 Å². The maximum absolute atomic E-state index is 12.2. The van der Waals surface area contributed by atoms with Gasteiger partial charge in [0.05, 0.1) is 9.82 Å². The molecule has 0 saturated heterocycles. The molecule has 0 bridgehead atoms. The predicted molar refractivity (Wildman–Crippen MR) is 78.1 cm³/mol. The maximum atomic E-state index is 12.2. The van der Waals surface area contributed by atoms with Gasteiger partial charge in [-0.2, -0.15) is 0 Å². The summed E-state index contributed by atoms with van der Waals surface area (Å²) in [5.74, 6) is 5.17. The Morgan fingerprint density at radius 3 is 2.57 bits per heavy atom. The fraction of sp³-hybridized carbons (Fsp3) is 0.500. The Hall–Kier alpha value is -1.71. The summed E-state index contributed by atoms with van der Waals surface area (Å²) < 4.78 is 26.9. The molecule has 2 rings (SSSR count). The molecule has 1 fully saturated rings. The molecule has 4 N–H and O–H groups in total. The average Bonchev–Trinajstić information content (AvgIpc) is 2.42. The molecule has 1 aromatic carbocycles. The van der Waals surface area contributed by atoms with E-state index in [2.05, 4.69) is 10.1 Å². The minimum Gasteiger partial charge on any atom is -0.318 e. The number of benzene rings is 1. The molecule has 0 aromatic heterocycles. The molecule has 21 heavy (non-hydrogen) atoms. The predicted octanol–water partition coefficient (Wildman–Crippen LogP) is 1.35. The van der Waals surface area contributed by atoms with Crippen LogP contribution in [0.25, 0.3) is 0 Å². The molecule has 1 saturated carbocycles. The smallest absolute Gasteiger partial charge is 0.294 e. The first-order chi connectivity index (χ1) is 9.77. The van der Waals surface area contributed by atoms with Crippen molar-refractivity contribution in [1.29, 1.82) is 0 Å². The van der Waals surface area contributed by atoms with E-state index in [1.807, 2.05) is 6.92 Å². The third-order valence-corrected chi connectivity index (χ3v) is 5.28. The second-order valence-corrected chi connectivity index (χ2v) is 7.34. The van der Waals surface area contributed by atoms with E-state index in [9.17, 15) is 18.5 Å². The summed E-state index contributed by atoms with van der Waals surface area (Å²) in [4.78, 5) is 10.1. The second kappa shape index (κ2) is 5.58. The molecule has 0 heterocycles. The minimum atomic E-state index is -3.77. The molecule has 1 aliphatic carbocycles. The van der Waals surface area contributed by atoms with Gasteiger partial charge in [0.15, 0.2) is 0 Å². The standard InChI is InChI=1S/C12H18N4O4S/c1-12(5-2-6-12)8-14-21(19,20)9-3-4-10(15-13)11(7-9)16(17)18/h3-4,7,14-15H,2,5-6,8,13H2,1H3. The van der Waals surface area contributed by atoms with Crippen LogP contribution in [-0.4, -0.2) is 19.9 Å². The van der Waals surface area contributed by atoms with Crippen molar-refractivity contribution in [3.05, 3.63) is 28.3 Å². The van der Waals surface area contributed by atoms with Crippen molar-refractivity contribution in [1.82, 2.24) is 4.72 Å². The van der Waals surface area contributed by atoms with Gasteiger partial charge in [0.25, 0.3) is 5.69 Å². The summed E-state index contributed by atoms with van der Waals surface area (Å²) in [7, 11) is -3.77. The number of sulfonamides is 1. The summed E-state index contributed by atoms with van der Waals surface area (Å²) in [6.45, 7) is 2.35. The zero-order chi connectivity index (χ0) is 15.7. The molecule has 0 spiro atoms. The van der Waals surface area contributed by atoms with Crippen LogP contribution in [0.3, 0.4) is 0 Å². The fourth-order valence-electron chi connectivity index (χ4n) is 2.26. The quantitative estimate of drug-likeness (QED) is 0.413. The van der Waals surface area contributed by atoms with Gasteiger partial charge in [-0.15, -0.1) is 0 Å². The van der Waals surface area contributed by atoms with Crippen LogP contribution >= 0.6 is 0 Å². The van der Waals surface area contributed by atoms with E-state index in [-0.39, 0.29) is 21.7 Å². The average molecular weight is 314 g/mol. The Labute approximate surface area is 122 Å². The number of hydrogen-bond donors (Lipinski definition) is 3. The van der Waals surface area contributed by atoms with Crippen LogP contribution in [0.4, 0.5) is 11.4 Å². The van der Waals surface area contributed by atoms with E-state index < -0.39 is 14.9 Å². The molecular weight excluding hydrogens is 296 g/mol. The van der Waals surface area contributed by atoms with Gasteiger partial charge >= 0.3 is 0 Å². The number of hydrogen-bond acceptors (Lipinski definition) is 6. The zero-order valence-electron chi connectivity index (χ0n) is 11.6. The lowest BCUT2D eigenvalue weighted by Gasteiger charge is -2.38. The van der Waals surface area contributed by atoms with Crippen LogP contribution in [0.2, 0.25) is 0 Å². The van der Waals surface area contributed by atoms with E-state index in [0.717, 1.165) is 25.3 Å². The van der Waals surface area contributed by atoms with Crippen molar-refractivity contribution >= 4 is 21.4 Å². The van der Waals surface area contributed by atoms with Gasteiger partial charge in [0.1, 0.15) is 5.69 Å². The van der Waals surface area contributed by atoms with Crippen molar-refractivity contribution in [3.8, 4) is 0 Å². The Kier molecular flexibility index (Phi) is 4.17. The summed E-state index contributed by atoms with van der Waals surface area (Å²) in [6, 6.07) is 3.56. The lowest BCUT2D eigenvalue weighted by molar-refractivity contribution is -0.384. The topological polar surface area (TPSA) is 127 Å². The molecular formula is C12H18N4O4S. The Morgan fingerprint density at radius 2 is 2.10 bits per heavy atom. The Balaban J connectivity index is 2.23. The van der Waals surface area contributed by atoms with E-state index in [0.29, 0.717) is 6.54 Å². The first-order valence-corrected chi connectivity index (χ1v) is 8.00. The monoisotopic (exact) mass is 314 g/mol. The van der Waals surface area contributed by atoms with Crippen LogP contribution in [0.15, 0.2) is 23.1 Å².